The molecule has 5 rings (SSSR count). The minimum Gasteiger partial charge on any atom is -0.497 e. The quantitative estimate of drug-likeness (QED) is 0.0879. The average molecular weight is 698 g/mol. The van der Waals surface area contributed by atoms with Crippen LogP contribution in [0.25, 0.3) is 10.1 Å². The van der Waals surface area contributed by atoms with E-state index in [-0.39, 0.29) is 55.1 Å². The van der Waals surface area contributed by atoms with Crippen molar-refractivity contribution in [3.63, 3.8) is 0 Å². The van der Waals surface area contributed by atoms with E-state index in [9.17, 15) is 28.4 Å². The predicted octanol–water partition coefficient (Wildman–Crippen LogP) is 3.86. The first-order chi connectivity index (χ1) is 23.2. The summed E-state index contributed by atoms with van der Waals surface area (Å²) in [6.07, 6.45) is 2.44. The van der Waals surface area contributed by atoms with Crippen LogP contribution >= 0.6 is 11.3 Å². The Morgan fingerprint density at radius 1 is 1.15 bits per heavy atom. The highest BCUT2D eigenvalue weighted by molar-refractivity contribution is 7.89. The lowest BCUT2D eigenvalue weighted by Gasteiger charge is -2.30. The Hall–Kier alpha value is -4.61. The molecule has 16 heteroatoms. The topological polar surface area (TPSA) is 182 Å². The Kier molecular flexibility index (Phi) is 11.6. The molecule has 1 amide bonds. The lowest BCUT2D eigenvalue weighted by Crippen LogP contribution is -2.38. The third kappa shape index (κ3) is 8.45. The van der Waals surface area contributed by atoms with Gasteiger partial charge in [-0.1, -0.05) is 18.2 Å². The number of ether oxygens (including phenoxy) is 3. The van der Waals surface area contributed by atoms with Crippen molar-refractivity contribution in [2.24, 2.45) is 0 Å². The van der Waals surface area contributed by atoms with Gasteiger partial charge < -0.3 is 30.0 Å². The molecular weight excluding hydrogens is 663 g/mol. The molecule has 0 aliphatic carbocycles. The Balaban J connectivity index is 1.25. The maximum Gasteiger partial charge on any atom is 0.287 e. The Morgan fingerprint density at radius 2 is 1.94 bits per heavy atom. The fraction of sp³-hybridized carbons (Fsp3) is 0.312. The number of nitrogens with one attached hydrogen (secondary N) is 2. The van der Waals surface area contributed by atoms with Gasteiger partial charge in [-0.05, 0) is 58.8 Å². The van der Waals surface area contributed by atoms with Gasteiger partial charge in [0.15, 0.2) is 5.76 Å². The summed E-state index contributed by atoms with van der Waals surface area (Å²) in [7, 11) is -2.45. The molecule has 48 heavy (non-hydrogen) atoms. The van der Waals surface area contributed by atoms with Gasteiger partial charge in [0.2, 0.25) is 16.3 Å². The molecule has 254 valence electrons. The number of thiophene rings is 1. The number of anilines is 1. The summed E-state index contributed by atoms with van der Waals surface area (Å²) in [4.78, 5) is 27.6. The monoisotopic (exact) mass is 697 g/mol. The third-order valence-electron chi connectivity index (χ3n) is 7.56. The van der Waals surface area contributed by atoms with Crippen LogP contribution in [0.4, 0.5) is 11.5 Å². The number of carbonyl (C=O) groups is 1. The first kappa shape index (κ1) is 34.7. The summed E-state index contributed by atoms with van der Waals surface area (Å²) < 4.78 is 46.0. The zero-order chi connectivity index (χ0) is 34.1. The van der Waals surface area contributed by atoms with Gasteiger partial charge in [-0.2, -0.15) is 4.31 Å². The number of methoxy groups -OCH3 is 1. The second-order valence-corrected chi connectivity index (χ2v) is 13.5. The molecule has 0 fully saturated rings. The number of rotatable bonds is 16. The van der Waals surface area contributed by atoms with Gasteiger partial charge in [0.25, 0.3) is 11.6 Å². The summed E-state index contributed by atoms with van der Waals surface area (Å²) >= 11 is 1.60. The van der Waals surface area contributed by atoms with Crippen molar-refractivity contribution < 1.29 is 37.5 Å². The summed E-state index contributed by atoms with van der Waals surface area (Å²) in [6, 6.07) is 16.8. The molecular formula is C32H35N5O9S2. The van der Waals surface area contributed by atoms with Crippen LogP contribution in [0.2, 0.25) is 0 Å². The number of carbonyl (C=O) groups excluding carboxylic acids is 1. The van der Waals surface area contributed by atoms with Gasteiger partial charge in [-0.25, -0.2) is 13.4 Å². The second-order valence-electron chi connectivity index (χ2n) is 10.6. The number of hydrogen-bond donors (Lipinski definition) is 3. The van der Waals surface area contributed by atoms with Crippen LogP contribution in [0.15, 0.2) is 89.0 Å². The van der Waals surface area contributed by atoms with E-state index in [1.54, 1.807) is 29.5 Å². The van der Waals surface area contributed by atoms with Gasteiger partial charge in [-0.15, -0.1) is 11.3 Å². The predicted molar refractivity (Wildman–Crippen MR) is 179 cm³/mol. The summed E-state index contributed by atoms with van der Waals surface area (Å²) in [5.41, 5.74) is 0.896. The summed E-state index contributed by atoms with van der Waals surface area (Å²) in [6.45, 7) is -0.137. The Bertz CT molecular complexity index is 1850. The number of pyridine rings is 1. The number of sulfonamides is 1. The molecule has 0 saturated carbocycles. The third-order valence-corrected chi connectivity index (χ3v) is 10.5. The van der Waals surface area contributed by atoms with Crippen molar-refractivity contribution >= 4 is 48.9 Å². The van der Waals surface area contributed by atoms with Gasteiger partial charge in [0, 0.05) is 49.3 Å². The molecule has 14 nitrogen and oxygen atoms in total. The van der Waals surface area contributed by atoms with Crippen molar-refractivity contribution in [2.75, 3.05) is 51.8 Å². The van der Waals surface area contributed by atoms with Crippen molar-refractivity contribution in [1.82, 2.24) is 14.6 Å². The maximum atomic E-state index is 13.3. The van der Waals surface area contributed by atoms with Crippen LogP contribution in [-0.4, -0.2) is 86.4 Å². The van der Waals surface area contributed by atoms with E-state index < -0.39 is 27.1 Å². The molecule has 0 saturated heterocycles. The smallest absolute Gasteiger partial charge is 0.287 e. The van der Waals surface area contributed by atoms with Crippen molar-refractivity contribution in [3.8, 4) is 5.75 Å². The molecule has 2 atom stereocenters. The first-order valence-corrected chi connectivity index (χ1v) is 17.4. The number of aliphatic hydroxyl groups is 1. The molecule has 3 N–H and O–H groups in total. The zero-order valence-electron chi connectivity index (χ0n) is 26.0. The lowest BCUT2D eigenvalue weighted by molar-refractivity contribution is -0.385. The number of amides is 1. The highest BCUT2D eigenvalue weighted by atomic mass is 32.2. The summed E-state index contributed by atoms with van der Waals surface area (Å²) in [5.74, 6) is 0.317. The van der Waals surface area contributed by atoms with Gasteiger partial charge in [0.1, 0.15) is 17.8 Å². The average Bonchev–Trinajstić information content (AvgIpc) is 3.54. The minimum atomic E-state index is -3.94. The number of hydrogen-bond acceptors (Lipinski definition) is 12. The normalized spacial score (nSPS) is 16.3. The number of benzene rings is 2. The van der Waals surface area contributed by atoms with Gasteiger partial charge in [-0.3, -0.25) is 14.9 Å². The van der Waals surface area contributed by atoms with Crippen LogP contribution in [0.5, 0.6) is 5.75 Å². The number of aromatic nitrogens is 1. The molecule has 0 unspecified atom stereocenters. The first-order valence-electron chi connectivity index (χ1n) is 15.0. The molecule has 4 aromatic rings. The SMILES string of the molecule is COc1ccc(S(=O)(=O)N(CCO)CCO[C@@H]2C[C@H](c3csc4ccccc34)C=C(C(=O)NCCNc3ccc([N+](=O)[O-])cn3)O2)cc1. The fourth-order valence-electron chi connectivity index (χ4n) is 5.12. The second kappa shape index (κ2) is 16.0. The number of allylic oxidation sites excluding steroid dienone is 1. The Morgan fingerprint density at radius 3 is 2.65 bits per heavy atom. The molecule has 0 spiro atoms. The van der Waals surface area contributed by atoms with E-state index >= 15 is 0 Å². The molecule has 2 aromatic heterocycles. The number of aliphatic hydroxyl groups excluding tert-OH is 1. The number of fused-ring (bicyclic) bond motifs is 1. The van der Waals surface area contributed by atoms with E-state index in [2.05, 4.69) is 21.0 Å². The van der Waals surface area contributed by atoms with Gasteiger partial charge >= 0.3 is 0 Å². The van der Waals surface area contributed by atoms with Crippen molar-refractivity contribution in [1.29, 1.82) is 0 Å². The van der Waals surface area contributed by atoms with Crippen LogP contribution in [-0.2, 0) is 24.3 Å². The number of nitro groups is 1. The van der Waals surface area contributed by atoms with E-state index in [0.717, 1.165) is 26.2 Å². The van der Waals surface area contributed by atoms with E-state index in [1.165, 1.54) is 31.4 Å². The zero-order valence-corrected chi connectivity index (χ0v) is 27.6. The van der Waals surface area contributed by atoms with Crippen LogP contribution in [0.3, 0.4) is 0 Å². The molecule has 0 radical (unpaired) electrons. The largest absolute Gasteiger partial charge is 0.497 e. The highest BCUT2D eigenvalue weighted by Gasteiger charge is 2.31. The number of nitrogens with zero attached hydrogens (tertiary/aromatic N) is 3. The van der Waals surface area contributed by atoms with Crippen molar-refractivity contribution in [3.05, 3.63) is 99.8 Å². The van der Waals surface area contributed by atoms with Crippen LogP contribution in [0, 0.1) is 10.1 Å². The lowest BCUT2D eigenvalue weighted by atomic mass is 9.92. The standard InChI is InChI=1S/C32H35N5O9S2/c1-44-24-7-9-25(10-8-24)48(42,43)36(14-16-38)15-17-45-31-19-22(27-21-47-29-5-3-2-4-26(27)29)18-28(46-31)32(39)34-13-12-33-30-11-6-23(20-35-30)37(40)41/h2-11,18,20-22,31,38H,12-17,19H2,1H3,(H,33,35)(H,34,39)/t22-,31+/m1/s1. The van der Waals surface area contributed by atoms with Gasteiger partial charge in [0.05, 0.1) is 30.1 Å². The highest BCUT2D eigenvalue weighted by Crippen LogP contribution is 2.38. The van der Waals surface area contributed by atoms with Crippen LogP contribution in [0.1, 0.15) is 17.9 Å². The maximum absolute atomic E-state index is 13.3. The molecule has 3 heterocycles. The molecule has 1 aliphatic rings. The van der Waals surface area contributed by atoms with Crippen molar-refractivity contribution in [2.45, 2.75) is 23.5 Å². The summed E-state index contributed by atoms with van der Waals surface area (Å²) in [5, 5.41) is 29.4. The van der Waals surface area contributed by atoms with E-state index in [4.69, 9.17) is 14.2 Å². The van der Waals surface area contributed by atoms with Crippen LogP contribution < -0.4 is 15.4 Å². The molecule has 0 bridgehead atoms. The Labute approximate surface area is 281 Å². The van der Waals surface area contributed by atoms with E-state index in [1.807, 2.05) is 24.3 Å². The minimum absolute atomic E-state index is 0.0517. The fourth-order valence-corrected chi connectivity index (χ4v) is 7.56. The van der Waals surface area contributed by atoms with E-state index in [0.29, 0.717) is 24.5 Å². The molecule has 2 aromatic carbocycles. The molecule has 1 aliphatic heterocycles.